The van der Waals surface area contributed by atoms with E-state index in [0.717, 1.165) is 0 Å². The Balaban J connectivity index is 2.27. The van der Waals surface area contributed by atoms with Gasteiger partial charge in [-0.05, 0) is 25.0 Å². The number of nitrogens with zero attached hydrogens (tertiary/aromatic N) is 1. The maximum Gasteiger partial charge on any atom is 0.238 e. The van der Waals surface area contributed by atoms with E-state index < -0.39 is 15.3 Å². The van der Waals surface area contributed by atoms with Gasteiger partial charge in [-0.25, -0.2) is 8.42 Å². The summed E-state index contributed by atoms with van der Waals surface area (Å²) in [5.41, 5.74) is 6.18. The number of hydrogen-bond donors (Lipinski definition) is 1. The highest BCUT2D eigenvalue weighted by Gasteiger charge is 2.33. The third-order valence-electron chi connectivity index (χ3n) is 3.50. The molecule has 1 aliphatic heterocycles. The van der Waals surface area contributed by atoms with Gasteiger partial charge in [-0.15, -0.1) is 0 Å². The lowest BCUT2D eigenvalue weighted by Crippen LogP contribution is -2.42. The summed E-state index contributed by atoms with van der Waals surface area (Å²) in [5.74, 6) is 0. The molecule has 1 aromatic carbocycles. The Hall–Kier alpha value is -1.18. The van der Waals surface area contributed by atoms with Gasteiger partial charge in [0, 0.05) is 26.2 Å². The second kappa shape index (κ2) is 7.20. The van der Waals surface area contributed by atoms with Crippen LogP contribution in [0.1, 0.15) is 19.3 Å². The molecule has 21 heavy (non-hydrogen) atoms. The van der Waals surface area contributed by atoms with Gasteiger partial charge >= 0.3 is 0 Å². The fourth-order valence-electron chi connectivity index (χ4n) is 2.36. The summed E-state index contributed by atoms with van der Waals surface area (Å²) in [6, 6.07) is 9.08. The summed E-state index contributed by atoms with van der Waals surface area (Å²) in [4.78, 5) is 0.318. The Bertz CT molecular complexity index is 569. The number of rotatable bonds is 6. The fourth-order valence-corrected chi connectivity index (χ4v) is 4.36. The van der Waals surface area contributed by atoms with Crippen LogP contribution in [0.2, 0.25) is 0 Å². The van der Waals surface area contributed by atoms with Gasteiger partial charge in [-0.1, -0.05) is 30.4 Å². The zero-order chi connectivity index (χ0) is 15.3. The minimum absolute atomic E-state index is 0.277. The van der Waals surface area contributed by atoms with Crippen molar-refractivity contribution in [3.63, 3.8) is 0 Å². The molecule has 7 heteroatoms. The van der Waals surface area contributed by atoms with Crippen LogP contribution in [-0.4, -0.2) is 38.4 Å². The summed E-state index contributed by atoms with van der Waals surface area (Å²) in [6.07, 6.45) is 1.42. The van der Waals surface area contributed by atoms with E-state index in [4.69, 9.17) is 22.7 Å². The number of ether oxygens (including phenoxy) is 1. The topological polar surface area (TPSA) is 72.6 Å². The third kappa shape index (κ3) is 4.15. The Labute approximate surface area is 131 Å². The first-order valence-corrected chi connectivity index (χ1v) is 8.85. The van der Waals surface area contributed by atoms with Crippen LogP contribution in [-0.2, 0) is 14.8 Å². The van der Waals surface area contributed by atoms with Crippen LogP contribution in [0, 0.1) is 0 Å². The van der Waals surface area contributed by atoms with E-state index in [1.165, 1.54) is 4.31 Å². The van der Waals surface area contributed by atoms with E-state index in [2.05, 4.69) is 0 Å². The van der Waals surface area contributed by atoms with Crippen LogP contribution in [0.5, 0.6) is 0 Å². The quantitative estimate of drug-likeness (QED) is 0.804. The number of hydrogen-bond acceptors (Lipinski definition) is 4. The summed E-state index contributed by atoms with van der Waals surface area (Å²) >= 11 is 4.88. The van der Waals surface area contributed by atoms with Crippen molar-refractivity contribution in [2.75, 3.05) is 24.1 Å². The maximum atomic E-state index is 12.9. The third-order valence-corrected chi connectivity index (χ3v) is 6.03. The van der Waals surface area contributed by atoms with Crippen molar-refractivity contribution >= 4 is 32.9 Å². The first-order valence-electron chi connectivity index (χ1n) is 6.94. The first-order chi connectivity index (χ1) is 10.0. The van der Waals surface area contributed by atoms with Gasteiger partial charge in [0.15, 0.2) is 0 Å². The average molecular weight is 328 g/mol. The molecule has 1 saturated heterocycles. The van der Waals surface area contributed by atoms with E-state index in [-0.39, 0.29) is 6.54 Å². The van der Waals surface area contributed by atoms with Crippen LogP contribution in [0.15, 0.2) is 30.3 Å². The van der Waals surface area contributed by atoms with Gasteiger partial charge in [0.1, 0.15) is 0 Å². The van der Waals surface area contributed by atoms with Crippen LogP contribution in [0.4, 0.5) is 5.69 Å². The molecular formula is C14H20N2O3S2. The molecule has 0 bridgehead atoms. The molecule has 1 fully saturated rings. The van der Waals surface area contributed by atoms with Crippen LogP contribution < -0.4 is 10.0 Å². The second-order valence-electron chi connectivity index (χ2n) is 4.98. The number of anilines is 1. The molecular weight excluding hydrogens is 308 g/mol. The zero-order valence-electron chi connectivity index (χ0n) is 11.8. The van der Waals surface area contributed by atoms with Gasteiger partial charge in [-0.3, -0.25) is 4.31 Å². The molecule has 0 amide bonds. The fraction of sp³-hybridized carbons (Fsp3) is 0.500. The molecule has 2 rings (SSSR count). The smallest absolute Gasteiger partial charge is 0.238 e. The van der Waals surface area contributed by atoms with Gasteiger partial charge < -0.3 is 10.5 Å². The molecule has 0 radical (unpaired) electrons. The number of benzene rings is 1. The number of para-hydroxylation sites is 1. The van der Waals surface area contributed by atoms with E-state index in [1.807, 2.05) is 18.2 Å². The summed E-state index contributed by atoms with van der Waals surface area (Å²) in [5, 5.41) is -0.405. The van der Waals surface area contributed by atoms with Crippen molar-refractivity contribution in [2.24, 2.45) is 5.73 Å². The lowest BCUT2D eigenvalue weighted by atomic mass is 10.2. The lowest BCUT2D eigenvalue weighted by Gasteiger charge is -2.31. The minimum atomic E-state index is -3.43. The summed E-state index contributed by atoms with van der Waals surface area (Å²) in [7, 11) is -3.43. The molecule has 0 unspecified atom stereocenters. The highest BCUT2D eigenvalue weighted by atomic mass is 32.2. The SMILES string of the molecule is NC(=S)CCN(c1ccccc1)S(=O)(=O)C1CCOCC1. The van der Waals surface area contributed by atoms with Crippen LogP contribution in [0.3, 0.4) is 0 Å². The largest absolute Gasteiger partial charge is 0.393 e. The first kappa shape index (κ1) is 16.2. The molecule has 2 N–H and O–H groups in total. The molecule has 0 atom stereocenters. The monoisotopic (exact) mass is 328 g/mol. The predicted octanol–water partition coefficient (Wildman–Crippen LogP) is 1.68. The van der Waals surface area contributed by atoms with Crippen LogP contribution in [0.25, 0.3) is 0 Å². The number of thiocarbonyl (C=S) groups is 1. The Morgan fingerprint density at radius 2 is 1.90 bits per heavy atom. The van der Waals surface area contributed by atoms with Crippen molar-refractivity contribution < 1.29 is 13.2 Å². The molecule has 116 valence electrons. The highest BCUT2D eigenvalue weighted by molar-refractivity contribution is 7.93. The Kier molecular flexibility index (Phi) is 5.55. The van der Waals surface area contributed by atoms with E-state index >= 15 is 0 Å². The van der Waals surface area contributed by atoms with Gasteiger partial charge in [0.2, 0.25) is 10.0 Å². The molecule has 1 heterocycles. The molecule has 0 saturated carbocycles. The van der Waals surface area contributed by atoms with Crippen molar-refractivity contribution in [1.82, 2.24) is 0 Å². The van der Waals surface area contributed by atoms with Gasteiger partial charge in [0.05, 0.1) is 15.9 Å². The normalized spacial score (nSPS) is 16.6. The van der Waals surface area contributed by atoms with E-state index in [9.17, 15) is 8.42 Å². The molecule has 1 aliphatic rings. The molecule has 0 aliphatic carbocycles. The second-order valence-corrected chi connectivity index (χ2v) is 7.64. The zero-order valence-corrected chi connectivity index (χ0v) is 13.4. The van der Waals surface area contributed by atoms with Crippen molar-refractivity contribution in [2.45, 2.75) is 24.5 Å². The van der Waals surface area contributed by atoms with Gasteiger partial charge in [0.25, 0.3) is 0 Å². The Morgan fingerprint density at radius 3 is 2.48 bits per heavy atom. The maximum absolute atomic E-state index is 12.9. The van der Waals surface area contributed by atoms with Gasteiger partial charge in [-0.2, -0.15) is 0 Å². The van der Waals surface area contributed by atoms with E-state index in [1.54, 1.807) is 12.1 Å². The predicted molar refractivity (Wildman–Crippen MR) is 88.0 cm³/mol. The van der Waals surface area contributed by atoms with Crippen molar-refractivity contribution in [1.29, 1.82) is 0 Å². The molecule has 5 nitrogen and oxygen atoms in total. The minimum Gasteiger partial charge on any atom is -0.393 e. The number of sulfonamides is 1. The van der Waals surface area contributed by atoms with Crippen molar-refractivity contribution in [3.05, 3.63) is 30.3 Å². The summed E-state index contributed by atoms with van der Waals surface area (Å²) < 4.78 is 32.5. The molecule has 0 aromatic heterocycles. The molecule has 0 spiro atoms. The standard InChI is InChI=1S/C14H20N2O3S2/c15-14(20)6-9-16(12-4-2-1-3-5-12)21(17,18)13-7-10-19-11-8-13/h1-5,13H,6-11H2,(H2,15,20). The molecule has 1 aromatic rings. The summed E-state index contributed by atoms with van der Waals surface area (Å²) in [6.45, 7) is 1.25. The van der Waals surface area contributed by atoms with Crippen LogP contribution >= 0.6 is 12.2 Å². The Morgan fingerprint density at radius 1 is 1.29 bits per heavy atom. The van der Waals surface area contributed by atoms with E-state index in [0.29, 0.717) is 43.2 Å². The van der Waals surface area contributed by atoms with Crippen molar-refractivity contribution in [3.8, 4) is 0 Å². The lowest BCUT2D eigenvalue weighted by molar-refractivity contribution is 0.0983. The highest BCUT2D eigenvalue weighted by Crippen LogP contribution is 2.25. The number of nitrogens with two attached hydrogens (primary N) is 1. The average Bonchev–Trinajstić information content (AvgIpc) is 2.49.